The lowest BCUT2D eigenvalue weighted by molar-refractivity contribution is -0.120. The van der Waals surface area contributed by atoms with E-state index < -0.39 is 0 Å². The van der Waals surface area contributed by atoms with E-state index in [1.165, 1.54) is 19.3 Å². The van der Waals surface area contributed by atoms with Gasteiger partial charge in [-0.3, -0.25) is 4.79 Å². The highest BCUT2D eigenvalue weighted by atomic mass is 16.5. The summed E-state index contributed by atoms with van der Waals surface area (Å²) in [5, 5.41) is 6.26. The minimum Gasteiger partial charge on any atom is -0.495 e. The summed E-state index contributed by atoms with van der Waals surface area (Å²) in [5.41, 5.74) is 2.01. The number of aryl methyl sites for hydroxylation is 1. The zero-order valence-corrected chi connectivity index (χ0v) is 12.4. The van der Waals surface area contributed by atoms with Gasteiger partial charge in [-0.1, -0.05) is 25.3 Å². The van der Waals surface area contributed by atoms with Crippen molar-refractivity contribution < 1.29 is 9.53 Å². The second kappa shape index (κ2) is 7.17. The summed E-state index contributed by atoms with van der Waals surface area (Å²) >= 11 is 0. The average molecular weight is 276 g/mol. The second-order valence-electron chi connectivity index (χ2n) is 5.46. The van der Waals surface area contributed by atoms with E-state index >= 15 is 0 Å². The summed E-state index contributed by atoms with van der Waals surface area (Å²) < 4.78 is 5.29. The third kappa shape index (κ3) is 4.15. The fourth-order valence-electron chi connectivity index (χ4n) is 2.66. The third-order valence-electron chi connectivity index (χ3n) is 3.76. The van der Waals surface area contributed by atoms with Crippen molar-refractivity contribution in [3.63, 3.8) is 0 Å². The lowest BCUT2D eigenvalue weighted by atomic mass is 9.95. The highest BCUT2D eigenvalue weighted by molar-refractivity contribution is 5.81. The van der Waals surface area contributed by atoms with Gasteiger partial charge in [-0.2, -0.15) is 0 Å². The molecule has 1 aliphatic rings. The van der Waals surface area contributed by atoms with E-state index in [1.54, 1.807) is 7.11 Å². The number of rotatable bonds is 5. The maximum atomic E-state index is 12.0. The highest BCUT2D eigenvalue weighted by Crippen LogP contribution is 2.24. The standard InChI is InChI=1S/C16H24N2O2/c1-12-8-9-15(20-2)14(10-12)17-11-16(19)18-13-6-4-3-5-7-13/h8-10,13,17H,3-7,11H2,1-2H3,(H,18,19). The average Bonchev–Trinajstić information content (AvgIpc) is 2.46. The molecule has 1 fully saturated rings. The predicted molar refractivity (Wildman–Crippen MR) is 81.2 cm³/mol. The Balaban J connectivity index is 1.84. The second-order valence-corrected chi connectivity index (χ2v) is 5.46. The Bertz CT molecular complexity index is 454. The summed E-state index contributed by atoms with van der Waals surface area (Å²) in [6, 6.07) is 6.26. The largest absolute Gasteiger partial charge is 0.495 e. The van der Waals surface area contributed by atoms with Crippen LogP contribution in [0.5, 0.6) is 5.75 Å². The lowest BCUT2D eigenvalue weighted by Crippen LogP contribution is -2.39. The lowest BCUT2D eigenvalue weighted by Gasteiger charge is -2.23. The van der Waals surface area contributed by atoms with Gasteiger partial charge in [-0.05, 0) is 37.5 Å². The van der Waals surface area contributed by atoms with Crippen LogP contribution in [0.4, 0.5) is 5.69 Å². The Morgan fingerprint density at radius 1 is 1.30 bits per heavy atom. The van der Waals surface area contributed by atoms with E-state index in [1.807, 2.05) is 25.1 Å². The van der Waals surface area contributed by atoms with Gasteiger partial charge in [0.25, 0.3) is 0 Å². The number of carbonyl (C=O) groups is 1. The van der Waals surface area contributed by atoms with Gasteiger partial charge in [0.15, 0.2) is 0 Å². The van der Waals surface area contributed by atoms with Crippen LogP contribution in [0, 0.1) is 6.92 Å². The van der Waals surface area contributed by atoms with Crippen molar-refractivity contribution in [2.24, 2.45) is 0 Å². The quantitative estimate of drug-likeness (QED) is 0.869. The molecule has 1 saturated carbocycles. The zero-order chi connectivity index (χ0) is 14.4. The minimum absolute atomic E-state index is 0.0560. The van der Waals surface area contributed by atoms with Crippen LogP contribution in [0.2, 0.25) is 0 Å². The highest BCUT2D eigenvalue weighted by Gasteiger charge is 2.15. The number of benzene rings is 1. The SMILES string of the molecule is COc1ccc(C)cc1NCC(=O)NC1CCCCC1. The van der Waals surface area contributed by atoms with Crippen LogP contribution in [0.1, 0.15) is 37.7 Å². The first-order chi connectivity index (χ1) is 9.69. The summed E-state index contributed by atoms with van der Waals surface area (Å²) in [6.07, 6.45) is 5.97. The van der Waals surface area contributed by atoms with Gasteiger partial charge in [-0.15, -0.1) is 0 Å². The fraction of sp³-hybridized carbons (Fsp3) is 0.562. The molecular formula is C16H24N2O2. The van der Waals surface area contributed by atoms with Crippen molar-refractivity contribution >= 4 is 11.6 Å². The van der Waals surface area contributed by atoms with E-state index in [-0.39, 0.29) is 12.5 Å². The van der Waals surface area contributed by atoms with Crippen LogP contribution < -0.4 is 15.4 Å². The fourth-order valence-corrected chi connectivity index (χ4v) is 2.66. The molecule has 0 saturated heterocycles. The van der Waals surface area contributed by atoms with Gasteiger partial charge >= 0.3 is 0 Å². The molecule has 0 atom stereocenters. The van der Waals surface area contributed by atoms with E-state index in [0.717, 1.165) is 29.8 Å². The van der Waals surface area contributed by atoms with Crippen LogP contribution in [0.3, 0.4) is 0 Å². The van der Waals surface area contributed by atoms with Crippen molar-refractivity contribution in [1.29, 1.82) is 0 Å². The summed E-state index contributed by atoms with van der Waals surface area (Å²) in [5.74, 6) is 0.821. The van der Waals surface area contributed by atoms with Crippen molar-refractivity contribution in [2.45, 2.75) is 45.1 Å². The maximum absolute atomic E-state index is 12.0. The Kier molecular flexibility index (Phi) is 5.27. The molecule has 1 amide bonds. The number of methoxy groups -OCH3 is 1. The van der Waals surface area contributed by atoms with Gasteiger partial charge in [0.1, 0.15) is 5.75 Å². The van der Waals surface area contributed by atoms with Crippen LogP contribution in [-0.2, 0) is 4.79 Å². The van der Waals surface area contributed by atoms with E-state index in [2.05, 4.69) is 10.6 Å². The van der Waals surface area contributed by atoms with Crippen molar-refractivity contribution in [2.75, 3.05) is 19.0 Å². The van der Waals surface area contributed by atoms with Gasteiger partial charge in [0.05, 0.1) is 19.3 Å². The van der Waals surface area contributed by atoms with Crippen LogP contribution in [0.25, 0.3) is 0 Å². The van der Waals surface area contributed by atoms with Gasteiger partial charge < -0.3 is 15.4 Å². The predicted octanol–water partition coefficient (Wildman–Crippen LogP) is 2.86. The first-order valence-corrected chi connectivity index (χ1v) is 7.37. The first kappa shape index (κ1) is 14.7. The number of nitrogens with one attached hydrogen (secondary N) is 2. The number of amides is 1. The van der Waals surface area contributed by atoms with Crippen LogP contribution in [-0.4, -0.2) is 25.6 Å². The molecule has 4 nitrogen and oxygen atoms in total. The Labute approximate surface area is 120 Å². The molecule has 2 rings (SSSR count). The van der Waals surface area contributed by atoms with Gasteiger partial charge in [0.2, 0.25) is 5.91 Å². The Morgan fingerprint density at radius 3 is 2.75 bits per heavy atom. The number of carbonyl (C=O) groups excluding carboxylic acids is 1. The van der Waals surface area contributed by atoms with Crippen molar-refractivity contribution in [3.05, 3.63) is 23.8 Å². The van der Waals surface area contributed by atoms with Crippen LogP contribution >= 0.6 is 0 Å². The molecule has 0 spiro atoms. The molecule has 4 heteroatoms. The Morgan fingerprint density at radius 2 is 2.05 bits per heavy atom. The molecule has 1 aromatic rings. The molecule has 2 N–H and O–H groups in total. The molecule has 110 valence electrons. The topological polar surface area (TPSA) is 50.4 Å². The van der Waals surface area contributed by atoms with E-state index in [0.29, 0.717) is 6.04 Å². The van der Waals surface area contributed by atoms with Gasteiger partial charge in [-0.25, -0.2) is 0 Å². The smallest absolute Gasteiger partial charge is 0.239 e. The number of anilines is 1. The summed E-state index contributed by atoms with van der Waals surface area (Å²) in [6.45, 7) is 2.31. The molecule has 0 aliphatic heterocycles. The van der Waals surface area contributed by atoms with Crippen molar-refractivity contribution in [1.82, 2.24) is 5.32 Å². The molecule has 0 heterocycles. The third-order valence-corrected chi connectivity index (χ3v) is 3.76. The normalized spacial score (nSPS) is 15.7. The number of hydrogen-bond acceptors (Lipinski definition) is 3. The van der Waals surface area contributed by atoms with E-state index in [9.17, 15) is 4.79 Å². The molecule has 1 aromatic carbocycles. The van der Waals surface area contributed by atoms with E-state index in [4.69, 9.17) is 4.74 Å². The molecular weight excluding hydrogens is 252 g/mol. The molecule has 0 bridgehead atoms. The van der Waals surface area contributed by atoms with Gasteiger partial charge in [0, 0.05) is 6.04 Å². The first-order valence-electron chi connectivity index (χ1n) is 7.37. The monoisotopic (exact) mass is 276 g/mol. The number of ether oxygens (including phenoxy) is 1. The molecule has 20 heavy (non-hydrogen) atoms. The molecule has 0 radical (unpaired) electrons. The summed E-state index contributed by atoms with van der Waals surface area (Å²) in [4.78, 5) is 12.0. The summed E-state index contributed by atoms with van der Waals surface area (Å²) in [7, 11) is 1.64. The Hall–Kier alpha value is -1.71. The zero-order valence-electron chi connectivity index (χ0n) is 12.4. The molecule has 1 aliphatic carbocycles. The number of hydrogen-bond donors (Lipinski definition) is 2. The van der Waals surface area contributed by atoms with Crippen LogP contribution in [0.15, 0.2) is 18.2 Å². The minimum atomic E-state index is 0.0560. The maximum Gasteiger partial charge on any atom is 0.239 e. The molecule has 0 aromatic heterocycles. The van der Waals surface area contributed by atoms with Crippen molar-refractivity contribution in [3.8, 4) is 5.75 Å². The molecule has 0 unspecified atom stereocenters.